The van der Waals surface area contributed by atoms with Crippen LogP contribution in [0.5, 0.6) is 0 Å². The van der Waals surface area contributed by atoms with Crippen LogP contribution in [-0.4, -0.2) is 53.7 Å². The van der Waals surface area contributed by atoms with Crippen LogP contribution in [0.25, 0.3) is 0 Å². The van der Waals surface area contributed by atoms with Crippen molar-refractivity contribution in [2.75, 3.05) is 26.2 Å². The first-order valence-electron chi connectivity index (χ1n) is 5.56. The van der Waals surface area contributed by atoms with Crippen LogP contribution in [0.15, 0.2) is 12.7 Å². The quantitative estimate of drug-likeness (QED) is 0.577. The van der Waals surface area contributed by atoms with Crippen molar-refractivity contribution in [3.8, 4) is 0 Å². The maximum absolute atomic E-state index is 11.5. The molecule has 6 nitrogen and oxygen atoms in total. The van der Waals surface area contributed by atoms with Crippen LogP contribution in [0, 0.1) is 0 Å². The van der Waals surface area contributed by atoms with E-state index >= 15 is 0 Å². The number of carbonyl (C=O) groups is 2. The summed E-state index contributed by atoms with van der Waals surface area (Å²) in [5.74, 6) is -0.371. The minimum absolute atomic E-state index is 0.123. The smallest absolute Gasteiger partial charge is 0.321 e. The number of likely N-dealkylation sites (tertiary alicyclic amines) is 1. The van der Waals surface area contributed by atoms with Crippen molar-refractivity contribution in [1.82, 2.24) is 15.5 Å². The van der Waals surface area contributed by atoms with Gasteiger partial charge in [0, 0.05) is 19.6 Å². The summed E-state index contributed by atoms with van der Waals surface area (Å²) in [6.07, 6.45) is 2.17. The van der Waals surface area contributed by atoms with Crippen molar-refractivity contribution in [1.29, 1.82) is 0 Å². The first kappa shape index (κ1) is 13.7. The van der Waals surface area contributed by atoms with Gasteiger partial charge >= 0.3 is 6.03 Å². The summed E-state index contributed by atoms with van der Waals surface area (Å²) < 4.78 is 0. The number of urea groups is 1. The van der Waals surface area contributed by atoms with Gasteiger partial charge in [0.1, 0.15) is 0 Å². The predicted octanol–water partition coefficient (Wildman–Crippen LogP) is -0.545. The number of imide groups is 1. The van der Waals surface area contributed by atoms with E-state index in [2.05, 4.69) is 17.2 Å². The molecule has 3 N–H and O–H groups in total. The number of β-amino-alcohol motifs (C(OH)–C–C–N with tert-alkyl or cyclic N) is 1. The third-order valence-electron chi connectivity index (χ3n) is 2.56. The van der Waals surface area contributed by atoms with Crippen molar-refractivity contribution < 1.29 is 14.7 Å². The van der Waals surface area contributed by atoms with Crippen molar-refractivity contribution in [2.45, 2.75) is 18.9 Å². The molecule has 0 aliphatic carbocycles. The predicted molar refractivity (Wildman–Crippen MR) is 63.4 cm³/mol. The summed E-state index contributed by atoms with van der Waals surface area (Å²) >= 11 is 0. The van der Waals surface area contributed by atoms with E-state index in [1.807, 2.05) is 4.90 Å². The fourth-order valence-corrected chi connectivity index (χ4v) is 1.75. The Labute approximate surface area is 101 Å². The summed E-state index contributed by atoms with van der Waals surface area (Å²) in [4.78, 5) is 24.4. The largest absolute Gasteiger partial charge is 0.389 e. The molecule has 17 heavy (non-hydrogen) atoms. The number of aliphatic hydroxyl groups is 1. The monoisotopic (exact) mass is 241 g/mol. The molecule has 0 spiro atoms. The van der Waals surface area contributed by atoms with Crippen LogP contribution in [0.4, 0.5) is 4.79 Å². The van der Waals surface area contributed by atoms with Crippen LogP contribution in [0.2, 0.25) is 0 Å². The van der Waals surface area contributed by atoms with Gasteiger partial charge in [-0.1, -0.05) is 6.08 Å². The number of hydrogen-bond donors (Lipinski definition) is 3. The van der Waals surface area contributed by atoms with E-state index in [4.69, 9.17) is 0 Å². The maximum Gasteiger partial charge on any atom is 0.321 e. The van der Waals surface area contributed by atoms with E-state index in [1.165, 1.54) is 6.08 Å². The highest BCUT2D eigenvalue weighted by Gasteiger charge is 2.32. The molecule has 1 aliphatic heterocycles. The van der Waals surface area contributed by atoms with E-state index in [0.29, 0.717) is 26.1 Å². The molecule has 1 aliphatic rings. The lowest BCUT2D eigenvalue weighted by Gasteiger charge is -2.18. The van der Waals surface area contributed by atoms with Gasteiger partial charge in [-0.05, 0) is 13.3 Å². The van der Waals surface area contributed by atoms with Gasteiger partial charge in [-0.15, -0.1) is 6.58 Å². The molecule has 0 bridgehead atoms. The van der Waals surface area contributed by atoms with Gasteiger partial charge in [0.25, 0.3) is 0 Å². The van der Waals surface area contributed by atoms with Gasteiger partial charge < -0.3 is 10.4 Å². The Morgan fingerprint density at radius 1 is 1.59 bits per heavy atom. The molecule has 1 heterocycles. The fourth-order valence-electron chi connectivity index (χ4n) is 1.75. The minimum Gasteiger partial charge on any atom is -0.389 e. The number of carbonyl (C=O) groups excluding carboxylic acids is 2. The number of nitrogens with one attached hydrogen (secondary N) is 2. The molecule has 1 saturated heterocycles. The normalized spacial score (nSPS) is 24.4. The van der Waals surface area contributed by atoms with Crippen LogP contribution in [0.1, 0.15) is 13.3 Å². The third-order valence-corrected chi connectivity index (χ3v) is 2.56. The average molecular weight is 241 g/mol. The lowest BCUT2D eigenvalue weighted by molar-refractivity contribution is -0.121. The Morgan fingerprint density at radius 3 is 2.82 bits per heavy atom. The molecular formula is C11H19N3O3. The topological polar surface area (TPSA) is 81.7 Å². The lowest BCUT2D eigenvalue weighted by atomic mass is 10.1. The molecule has 96 valence electrons. The molecule has 1 fully saturated rings. The molecular weight excluding hydrogens is 222 g/mol. The van der Waals surface area contributed by atoms with Crippen LogP contribution in [-0.2, 0) is 4.79 Å². The van der Waals surface area contributed by atoms with Gasteiger partial charge in [0.05, 0.1) is 12.1 Å². The Morgan fingerprint density at radius 2 is 2.29 bits per heavy atom. The number of hydrogen-bond acceptors (Lipinski definition) is 4. The molecule has 3 amide bonds. The van der Waals surface area contributed by atoms with Gasteiger partial charge in [-0.25, -0.2) is 4.79 Å². The third kappa shape index (κ3) is 4.97. The van der Waals surface area contributed by atoms with E-state index in [9.17, 15) is 14.7 Å². The zero-order valence-corrected chi connectivity index (χ0v) is 10.0. The van der Waals surface area contributed by atoms with Crippen molar-refractivity contribution >= 4 is 11.9 Å². The molecule has 0 aromatic carbocycles. The van der Waals surface area contributed by atoms with Crippen LogP contribution in [0.3, 0.4) is 0 Å². The molecule has 0 radical (unpaired) electrons. The van der Waals surface area contributed by atoms with Gasteiger partial charge in [-0.3, -0.25) is 15.0 Å². The highest BCUT2D eigenvalue weighted by atomic mass is 16.3. The van der Waals surface area contributed by atoms with Crippen molar-refractivity contribution in [3.05, 3.63) is 12.7 Å². The Hall–Kier alpha value is -1.40. The zero-order valence-electron chi connectivity index (χ0n) is 10.0. The first-order valence-corrected chi connectivity index (χ1v) is 5.56. The van der Waals surface area contributed by atoms with Crippen LogP contribution < -0.4 is 10.6 Å². The second-order valence-corrected chi connectivity index (χ2v) is 4.50. The number of rotatable bonds is 4. The van der Waals surface area contributed by atoms with E-state index in [0.717, 1.165) is 0 Å². The summed E-state index contributed by atoms with van der Waals surface area (Å²) in [5.41, 5.74) is -0.731. The molecule has 0 aromatic rings. The molecule has 1 atom stereocenters. The zero-order chi connectivity index (χ0) is 12.9. The van der Waals surface area contributed by atoms with E-state index < -0.39 is 11.6 Å². The summed E-state index contributed by atoms with van der Waals surface area (Å²) in [6, 6.07) is -0.527. The fraction of sp³-hybridized carbons (Fsp3) is 0.636. The highest BCUT2D eigenvalue weighted by Crippen LogP contribution is 2.19. The molecule has 0 aromatic heterocycles. The van der Waals surface area contributed by atoms with Gasteiger partial charge in [-0.2, -0.15) is 0 Å². The van der Waals surface area contributed by atoms with Gasteiger partial charge in [0.15, 0.2) is 0 Å². The number of amides is 3. The van der Waals surface area contributed by atoms with Gasteiger partial charge in [0.2, 0.25) is 5.91 Å². The Balaban J connectivity index is 2.26. The van der Waals surface area contributed by atoms with Crippen molar-refractivity contribution in [3.63, 3.8) is 0 Å². The second-order valence-electron chi connectivity index (χ2n) is 4.50. The maximum atomic E-state index is 11.5. The average Bonchev–Trinajstić information content (AvgIpc) is 2.54. The first-order chi connectivity index (χ1) is 7.93. The summed E-state index contributed by atoms with van der Waals surface area (Å²) in [5, 5.41) is 14.4. The minimum atomic E-state index is -0.731. The molecule has 0 saturated carbocycles. The van der Waals surface area contributed by atoms with Crippen molar-refractivity contribution in [2.24, 2.45) is 0 Å². The summed E-state index contributed by atoms with van der Waals surface area (Å²) in [7, 11) is 0. The molecule has 6 heteroatoms. The Bertz CT molecular complexity index is 315. The highest BCUT2D eigenvalue weighted by molar-refractivity contribution is 5.95. The van der Waals surface area contributed by atoms with E-state index in [-0.39, 0.29) is 12.5 Å². The standard InChI is InChI=1S/C11H19N3O3/c1-3-5-12-10(16)13-9(15)7-14-6-4-11(2,17)8-14/h3,17H,1,4-8H2,2H3,(H2,12,13,15,16). The summed E-state index contributed by atoms with van der Waals surface area (Å²) in [6.45, 7) is 6.74. The lowest BCUT2D eigenvalue weighted by Crippen LogP contribution is -2.44. The van der Waals surface area contributed by atoms with E-state index in [1.54, 1.807) is 6.92 Å². The second kappa shape index (κ2) is 5.79. The molecule has 1 unspecified atom stereocenters. The molecule has 1 rings (SSSR count). The SMILES string of the molecule is C=CCNC(=O)NC(=O)CN1CCC(C)(O)C1. The number of nitrogens with zero attached hydrogens (tertiary/aromatic N) is 1. The van der Waals surface area contributed by atoms with Crippen LogP contribution >= 0.6 is 0 Å². The Kier molecular flexibility index (Phi) is 4.65.